The second-order valence-corrected chi connectivity index (χ2v) is 12.6. The van der Waals surface area contributed by atoms with Gasteiger partial charge in [0.2, 0.25) is 11.7 Å². The zero-order chi connectivity index (χ0) is 34.6. The van der Waals surface area contributed by atoms with Gasteiger partial charge in [-0.3, -0.25) is 9.59 Å². The Morgan fingerprint density at radius 2 is 1.71 bits per heavy atom. The number of anilines is 1. The van der Waals surface area contributed by atoms with Gasteiger partial charge in [-0.15, -0.1) is 0 Å². The Labute approximate surface area is 277 Å². The molecule has 2 unspecified atom stereocenters. The Morgan fingerprint density at radius 1 is 1.00 bits per heavy atom. The van der Waals surface area contributed by atoms with Gasteiger partial charge in [0.05, 0.1) is 40.0 Å². The van der Waals surface area contributed by atoms with E-state index in [1.165, 1.54) is 47.0 Å². The summed E-state index contributed by atoms with van der Waals surface area (Å²) in [6.45, 7) is 2.09. The number of benzene rings is 2. The van der Waals surface area contributed by atoms with E-state index in [9.17, 15) is 22.8 Å². The normalized spacial score (nSPS) is 19.4. The molecule has 13 heteroatoms. The number of hydrogen-bond acceptors (Lipinski definition) is 5. The second kappa shape index (κ2) is 12.5. The summed E-state index contributed by atoms with van der Waals surface area (Å²) in [7, 11) is 1.63. The van der Waals surface area contributed by atoms with Gasteiger partial charge in [-0.05, 0) is 80.6 Å². The van der Waals surface area contributed by atoms with Crippen molar-refractivity contribution in [3.05, 3.63) is 101 Å². The van der Waals surface area contributed by atoms with Crippen molar-refractivity contribution in [1.82, 2.24) is 19.3 Å². The van der Waals surface area contributed by atoms with Crippen molar-refractivity contribution >= 4 is 33.9 Å². The van der Waals surface area contributed by atoms with E-state index >= 15 is 8.78 Å². The van der Waals surface area contributed by atoms with Crippen LogP contribution in [0.2, 0.25) is 0 Å². The number of amides is 1. The highest BCUT2D eigenvalue weighted by atomic mass is 19.4. The first kappa shape index (κ1) is 32.7. The molecule has 49 heavy (non-hydrogen) atoms. The number of aromatic nitrogens is 3. The number of imidazole rings is 1. The lowest BCUT2D eigenvalue weighted by atomic mass is 9.98. The highest BCUT2D eigenvalue weighted by Crippen LogP contribution is 2.41. The average molecular weight is 678 g/mol. The van der Waals surface area contributed by atoms with Crippen LogP contribution in [0.3, 0.4) is 0 Å². The quantitative estimate of drug-likeness (QED) is 0.104. The van der Waals surface area contributed by atoms with Crippen LogP contribution in [0.5, 0.6) is 0 Å². The number of pyridine rings is 1. The summed E-state index contributed by atoms with van der Waals surface area (Å²) in [4.78, 5) is 30.4. The summed E-state index contributed by atoms with van der Waals surface area (Å²) in [6, 6.07) is 10.2. The number of nitrogens with zero attached hydrogens (tertiary/aromatic N) is 3. The van der Waals surface area contributed by atoms with Gasteiger partial charge in [-0.25, -0.2) is 13.8 Å². The Hall–Kier alpha value is -4.88. The van der Waals surface area contributed by atoms with E-state index in [0.29, 0.717) is 23.4 Å². The monoisotopic (exact) mass is 677 g/mol. The number of ether oxygens (including phenoxy) is 1. The standard InChI is InChI=1S/C36H32F5N5O3/c1-19-43-29-17-25(26(36(39,40)41)18-32(29)45(19)2)24-5-4-12-46-30(24)9-10-31(46)35(48)20-13-27(37)34(28(38)14-20)44-33(47)6-3-11-42-21-15-22-7-8-23(16-21)49-22/h3-6,9-10,12-14,17-18,21-23,42H,7-8,11,15-16H2,1-2H3,(H,44,47)/b6-3+. The molecule has 2 N–H and O–H groups in total. The molecule has 2 saturated heterocycles. The highest BCUT2D eigenvalue weighted by molar-refractivity contribution is 6.09. The van der Waals surface area contributed by atoms with Crippen molar-refractivity contribution in [3.8, 4) is 11.1 Å². The first-order chi connectivity index (χ1) is 23.4. The zero-order valence-corrected chi connectivity index (χ0v) is 26.6. The van der Waals surface area contributed by atoms with Gasteiger partial charge in [0, 0.05) is 43.0 Å². The fourth-order valence-electron chi connectivity index (χ4n) is 6.93. The second-order valence-electron chi connectivity index (χ2n) is 12.6. The van der Waals surface area contributed by atoms with Gasteiger partial charge < -0.3 is 24.3 Å². The fourth-order valence-corrected chi connectivity index (χ4v) is 6.93. The molecule has 2 bridgehead atoms. The van der Waals surface area contributed by atoms with E-state index in [4.69, 9.17) is 4.74 Å². The van der Waals surface area contributed by atoms with Crippen molar-refractivity contribution in [3.63, 3.8) is 0 Å². The van der Waals surface area contributed by atoms with Crippen LogP contribution in [0.25, 0.3) is 27.7 Å². The number of halogens is 5. The summed E-state index contributed by atoms with van der Waals surface area (Å²) < 4.78 is 82.0. The Bertz CT molecular complexity index is 2120. The van der Waals surface area contributed by atoms with Crippen molar-refractivity contribution < 1.29 is 36.3 Å². The van der Waals surface area contributed by atoms with E-state index in [1.54, 1.807) is 24.6 Å². The largest absolute Gasteiger partial charge is 0.417 e. The molecule has 5 aromatic rings. The van der Waals surface area contributed by atoms with Gasteiger partial charge in [0.25, 0.3) is 0 Å². The molecule has 2 aliphatic rings. The third-order valence-electron chi connectivity index (χ3n) is 9.40. The molecule has 2 fully saturated rings. The highest BCUT2D eigenvalue weighted by Gasteiger charge is 2.36. The molecule has 0 radical (unpaired) electrons. The number of nitrogens with one attached hydrogen (secondary N) is 2. The van der Waals surface area contributed by atoms with Crippen LogP contribution in [0.15, 0.2) is 66.9 Å². The van der Waals surface area contributed by atoms with Crippen LogP contribution in [0.4, 0.5) is 27.6 Å². The predicted octanol–water partition coefficient (Wildman–Crippen LogP) is 7.12. The molecule has 0 spiro atoms. The van der Waals surface area contributed by atoms with Gasteiger partial charge >= 0.3 is 6.18 Å². The fraction of sp³-hybridized carbons (Fsp3) is 0.306. The number of ketones is 1. The van der Waals surface area contributed by atoms with Crippen molar-refractivity contribution in [2.24, 2.45) is 7.05 Å². The number of alkyl halides is 3. The summed E-state index contributed by atoms with van der Waals surface area (Å²) in [5.74, 6) is -3.28. The number of fused-ring (bicyclic) bond motifs is 4. The zero-order valence-electron chi connectivity index (χ0n) is 26.6. The molecular weight excluding hydrogens is 645 g/mol. The van der Waals surface area contributed by atoms with Crippen LogP contribution < -0.4 is 10.6 Å². The van der Waals surface area contributed by atoms with Crippen molar-refractivity contribution in [2.45, 2.75) is 57.0 Å². The molecule has 3 aromatic heterocycles. The third-order valence-corrected chi connectivity index (χ3v) is 9.40. The lowest BCUT2D eigenvalue weighted by Gasteiger charge is -2.28. The van der Waals surface area contributed by atoms with Gasteiger partial charge in [-0.1, -0.05) is 12.1 Å². The maximum atomic E-state index is 15.1. The van der Waals surface area contributed by atoms with E-state index in [-0.39, 0.29) is 46.2 Å². The Morgan fingerprint density at radius 3 is 2.41 bits per heavy atom. The van der Waals surface area contributed by atoms with Crippen LogP contribution in [-0.4, -0.2) is 50.4 Å². The van der Waals surface area contributed by atoms with Gasteiger partial charge in [-0.2, -0.15) is 13.2 Å². The Kier molecular flexibility index (Phi) is 8.35. The smallest absolute Gasteiger partial charge is 0.375 e. The molecule has 2 atom stereocenters. The SMILES string of the molecule is Cc1nc2cc(-c3cccn4c(C(=O)c5cc(F)c(NC(=O)/C=C/CNC6CC7CCC(C6)O7)c(F)c5)ccc34)c(C(F)(F)F)cc2n1C. The van der Waals surface area contributed by atoms with E-state index in [2.05, 4.69) is 15.6 Å². The maximum absolute atomic E-state index is 15.1. The molecule has 8 nitrogen and oxygen atoms in total. The first-order valence-corrected chi connectivity index (χ1v) is 15.9. The molecule has 0 saturated carbocycles. The first-order valence-electron chi connectivity index (χ1n) is 15.9. The van der Waals surface area contributed by atoms with Crippen LogP contribution in [0, 0.1) is 18.6 Å². The van der Waals surface area contributed by atoms with Crippen molar-refractivity contribution in [2.75, 3.05) is 11.9 Å². The molecule has 5 heterocycles. The molecule has 254 valence electrons. The van der Waals surface area contributed by atoms with Crippen LogP contribution >= 0.6 is 0 Å². The summed E-state index contributed by atoms with van der Waals surface area (Å²) >= 11 is 0. The predicted molar refractivity (Wildman–Crippen MR) is 173 cm³/mol. The molecular formula is C36H32F5N5O3. The number of aryl methyl sites for hydroxylation is 2. The third kappa shape index (κ3) is 6.24. The minimum Gasteiger partial charge on any atom is -0.375 e. The Balaban J connectivity index is 1.11. The van der Waals surface area contributed by atoms with Crippen molar-refractivity contribution in [1.29, 1.82) is 0 Å². The minimum atomic E-state index is -4.69. The molecule has 2 aliphatic heterocycles. The summed E-state index contributed by atoms with van der Waals surface area (Å²) in [5, 5.41) is 5.55. The van der Waals surface area contributed by atoms with Crippen LogP contribution in [0.1, 0.15) is 53.1 Å². The van der Waals surface area contributed by atoms with E-state index < -0.39 is 40.8 Å². The molecule has 2 aromatic carbocycles. The van der Waals surface area contributed by atoms with Gasteiger partial charge in [0.15, 0.2) is 0 Å². The van der Waals surface area contributed by atoms with E-state index in [0.717, 1.165) is 43.9 Å². The number of carbonyl (C=O) groups is 2. The summed E-state index contributed by atoms with van der Waals surface area (Å²) in [6.07, 6.45) is 3.99. The number of hydrogen-bond donors (Lipinski definition) is 2. The lowest BCUT2D eigenvalue weighted by Crippen LogP contribution is -2.39. The lowest BCUT2D eigenvalue weighted by molar-refractivity contribution is -0.137. The minimum absolute atomic E-state index is 0.0243. The van der Waals surface area contributed by atoms with Crippen LogP contribution in [-0.2, 0) is 22.8 Å². The number of carbonyl (C=O) groups excluding carboxylic acids is 2. The topological polar surface area (TPSA) is 89.7 Å². The maximum Gasteiger partial charge on any atom is 0.417 e. The van der Waals surface area contributed by atoms with E-state index in [1.807, 2.05) is 0 Å². The molecule has 7 rings (SSSR count). The number of rotatable bonds is 8. The summed E-state index contributed by atoms with van der Waals surface area (Å²) in [5.41, 5.74) is -0.908. The molecule has 0 aliphatic carbocycles. The molecule has 1 amide bonds. The average Bonchev–Trinajstić information content (AvgIpc) is 3.73. The van der Waals surface area contributed by atoms with Gasteiger partial charge in [0.1, 0.15) is 23.1 Å².